The molecule has 2 aromatic heterocycles. The highest BCUT2D eigenvalue weighted by molar-refractivity contribution is 7.80. The second-order valence-electron chi connectivity index (χ2n) is 4.03. The molecule has 0 saturated carbocycles. The number of aryl methyl sites for hydroxylation is 1. The first-order chi connectivity index (χ1) is 10.1. The van der Waals surface area contributed by atoms with Gasteiger partial charge < -0.3 is 10.1 Å². The molecule has 2 rings (SSSR count). The maximum Gasteiger partial charge on any atom is 0.258 e. The predicted molar refractivity (Wildman–Crippen MR) is 81.2 cm³/mol. The third kappa shape index (κ3) is 4.18. The van der Waals surface area contributed by atoms with Crippen molar-refractivity contribution in [3.05, 3.63) is 41.9 Å². The van der Waals surface area contributed by atoms with Gasteiger partial charge in [-0.2, -0.15) is 4.98 Å². The van der Waals surface area contributed by atoms with Crippen LogP contribution >= 0.6 is 12.2 Å². The first-order valence-electron chi connectivity index (χ1n) is 6.00. The van der Waals surface area contributed by atoms with Crippen molar-refractivity contribution in [3.8, 4) is 5.88 Å². The third-order valence-corrected chi connectivity index (χ3v) is 2.62. The van der Waals surface area contributed by atoms with Crippen LogP contribution in [0.3, 0.4) is 0 Å². The van der Waals surface area contributed by atoms with Crippen LogP contribution in [0.4, 0.5) is 5.95 Å². The van der Waals surface area contributed by atoms with Gasteiger partial charge in [-0.3, -0.25) is 15.1 Å². The van der Waals surface area contributed by atoms with Crippen molar-refractivity contribution < 1.29 is 9.53 Å². The monoisotopic (exact) mass is 303 g/mol. The SMILES string of the molecule is COc1cc(C)nc(NC(=S)NC(=O)c2cccnc2)n1. The van der Waals surface area contributed by atoms with Crippen molar-refractivity contribution in [2.24, 2.45) is 0 Å². The van der Waals surface area contributed by atoms with Crippen LogP contribution in [-0.4, -0.2) is 33.1 Å². The molecule has 0 saturated heterocycles. The lowest BCUT2D eigenvalue weighted by molar-refractivity contribution is 0.0977. The van der Waals surface area contributed by atoms with E-state index in [-0.39, 0.29) is 17.0 Å². The average molecular weight is 303 g/mol. The van der Waals surface area contributed by atoms with Gasteiger partial charge in [0.1, 0.15) is 0 Å². The number of amides is 1. The number of nitrogens with zero attached hydrogens (tertiary/aromatic N) is 3. The summed E-state index contributed by atoms with van der Waals surface area (Å²) in [5.74, 6) is 0.301. The van der Waals surface area contributed by atoms with Crippen LogP contribution in [0.1, 0.15) is 16.1 Å². The van der Waals surface area contributed by atoms with E-state index in [2.05, 4.69) is 25.6 Å². The van der Waals surface area contributed by atoms with Gasteiger partial charge in [-0.1, -0.05) is 0 Å². The van der Waals surface area contributed by atoms with E-state index in [9.17, 15) is 4.79 Å². The number of carbonyl (C=O) groups is 1. The quantitative estimate of drug-likeness (QED) is 0.826. The number of hydrogen-bond acceptors (Lipinski definition) is 6. The summed E-state index contributed by atoms with van der Waals surface area (Å²) in [5.41, 5.74) is 1.12. The van der Waals surface area contributed by atoms with E-state index in [1.54, 1.807) is 31.3 Å². The lowest BCUT2D eigenvalue weighted by atomic mass is 10.3. The summed E-state index contributed by atoms with van der Waals surface area (Å²) in [6, 6.07) is 4.99. The van der Waals surface area contributed by atoms with Crippen molar-refractivity contribution in [2.75, 3.05) is 12.4 Å². The summed E-state index contributed by atoms with van der Waals surface area (Å²) in [7, 11) is 1.51. The molecule has 108 valence electrons. The van der Waals surface area contributed by atoms with Gasteiger partial charge >= 0.3 is 0 Å². The van der Waals surface area contributed by atoms with E-state index in [1.807, 2.05) is 0 Å². The maximum absolute atomic E-state index is 11.9. The lowest BCUT2D eigenvalue weighted by Gasteiger charge is -2.09. The van der Waals surface area contributed by atoms with Crippen LogP contribution < -0.4 is 15.4 Å². The number of pyridine rings is 1. The number of ether oxygens (including phenoxy) is 1. The minimum absolute atomic E-state index is 0.0940. The Bertz CT molecular complexity index is 663. The van der Waals surface area contributed by atoms with Crippen molar-refractivity contribution in [3.63, 3.8) is 0 Å². The summed E-state index contributed by atoms with van der Waals surface area (Å²) in [4.78, 5) is 24.0. The normalized spacial score (nSPS) is 9.81. The minimum Gasteiger partial charge on any atom is -0.481 e. The van der Waals surface area contributed by atoms with Crippen molar-refractivity contribution in [1.29, 1.82) is 0 Å². The number of aromatic nitrogens is 3. The molecular formula is C13H13N5O2S. The van der Waals surface area contributed by atoms with Crippen LogP contribution in [0, 0.1) is 6.92 Å². The fraction of sp³-hybridized carbons (Fsp3) is 0.154. The van der Waals surface area contributed by atoms with Crippen molar-refractivity contribution >= 4 is 29.2 Å². The number of anilines is 1. The Labute approximate surface area is 126 Å². The summed E-state index contributed by atoms with van der Waals surface area (Å²) in [5, 5.41) is 5.35. The second kappa shape index (κ2) is 6.71. The molecule has 8 heteroatoms. The van der Waals surface area contributed by atoms with E-state index in [1.165, 1.54) is 13.3 Å². The van der Waals surface area contributed by atoms with Gasteiger partial charge in [0.25, 0.3) is 5.91 Å². The van der Waals surface area contributed by atoms with Crippen molar-refractivity contribution in [1.82, 2.24) is 20.3 Å². The molecule has 0 atom stereocenters. The zero-order valence-corrected chi connectivity index (χ0v) is 12.3. The third-order valence-electron chi connectivity index (χ3n) is 2.42. The Kier molecular flexibility index (Phi) is 4.72. The molecule has 0 fully saturated rings. The molecule has 2 N–H and O–H groups in total. The average Bonchev–Trinajstić information content (AvgIpc) is 2.47. The molecule has 0 unspecified atom stereocenters. The maximum atomic E-state index is 11.9. The van der Waals surface area contributed by atoms with Crippen LogP contribution in [-0.2, 0) is 0 Å². The zero-order chi connectivity index (χ0) is 15.2. The second-order valence-corrected chi connectivity index (χ2v) is 4.43. The number of thiocarbonyl (C=S) groups is 1. The lowest BCUT2D eigenvalue weighted by Crippen LogP contribution is -2.34. The number of methoxy groups -OCH3 is 1. The highest BCUT2D eigenvalue weighted by Gasteiger charge is 2.09. The molecule has 0 aromatic carbocycles. The van der Waals surface area contributed by atoms with Gasteiger partial charge in [-0.15, -0.1) is 0 Å². The van der Waals surface area contributed by atoms with Crippen LogP contribution in [0.15, 0.2) is 30.6 Å². The number of rotatable bonds is 3. The topological polar surface area (TPSA) is 89.0 Å². The number of nitrogens with one attached hydrogen (secondary N) is 2. The Morgan fingerprint density at radius 2 is 2.19 bits per heavy atom. The fourth-order valence-electron chi connectivity index (χ4n) is 1.51. The molecule has 0 bridgehead atoms. The van der Waals surface area contributed by atoms with E-state index < -0.39 is 0 Å². The first kappa shape index (κ1) is 14.8. The van der Waals surface area contributed by atoms with E-state index in [4.69, 9.17) is 17.0 Å². The van der Waals surface area contributed by atoms with Crippen LogP contribution in [0.25, 0.3) is 0 Å². The summed E-state index contributed by atoms with van der Waals surface area (Å²) in [6.45, 7) is 1.80. The minimum atomic E-state index is -0.361. The molecule has 7 nitrogen and oxygen atoms in total. The van der Waals surface area contributed by atoms with Gasteiger partial charge in [0.15, 0.2) is 5.11 Å². The standard InChI is InChI=1S/C13H13N5O2S/c1-8-6-10(20-2)16-12(15-8)18-13(21)17-11(19)9-4-3-5-14-7-9/h3-7H,1-2H3,(H2,15,16,17,18,19,21). The van der Waals surface area contributed by atoms with Crippen molar-refractivity contribution in [2.45, 2.75) is 6.92 Å². The Morgan fingerprint density at radius 1 is 1.38 bits per heavy atom. The van der Waals surface area contributed by atoms with Gasteiger partial charge in [0, 0.05) is 24.2 Å². The summed E-state index contributed by atoms with van der Waals surface area (Å²) in [6.07, 6.45) is 3.03. The summed E-state index contributed by atoms with van der Waals surface area (Å²) >= 11 is 5.05. The number of hydrogen-bond donors (Lipinski definition) is 2. The molecule has 2 aromatic rings. The Balaban J connectivity index is 2.02. The molecule has 0 aliphatic carbocycles. The van der Waals surface area contributed by atoms with Gasteiger partial charge in [0.05, 0.1) is 12.7 Å². The molecule has 0 spiro atoms. The molecule has 0 aliphatic heterocycles. The predicted octanol–water partition coefficient (Wildman–Crippen LogP) is 1.32. The highest BCUT2D eigenvalue weighted by atomic mass is 32.1. The largest absolute Gasteiger partial charge is 0.481 e. The molecule has 2 heterocycles. The smallest absolute Gasteiger partial charge is 0.258 e. The Morgan fingerprint density at radius 3 is 2.86 bits per heavy atom. The van der Waals surface area contributed by atoms with E-state index in [0.717, 1.165) is 0 Å². The molecule has 0 radical (unpaired) electrons. The van der Waals surface area contributed by atoms with E-state index in [0.29, 0.717) is 17.1 Å². The zero-order valence-electron chi connectivity index (χ0n) is 11.5. The van der Waals surface area contributed by atoms with Crippen LogP contribution in [0.2, 0.25) is 0 Å². The molecule has 0 aliphatic rings. The highest BCUT2D eigenvalue weighted by Crippen LogP contribution is 2.10. The fourth-order valence-corrected chi connectivity index (χ4v) is 1.69. The van der Waals surface area contributed by atoms with E-state index >= 15 is 0 Å². The van der Waals surface area contributed by atoms with Crippen LogP contribution in [0.5, 0.6) is 5.88 Å². The summed E-state index contributed by atoms with van der Waals surface area (Å²) < 4.78 is 5.04. The van der Waals surface area contributed by atoms with Gasteiger partial charge in [-0.05, 0) is 31.3 Å². The first-order valence-corrected chi connectivity index (χ1v) is 6.41. The number of carbonyl (C=O) groups excluding carboxylic acids is 1. The molecular weight excluding hydrogens is 290 g/mol. The van der Waals surface area contributed by atoms with Gasteiger partial charge in [0.2, 0.25) is 11.8 Å². The Hall–Kier alpha value is -2.61. The molecule has 21 heavy (non-hydrogen) atoms. The van der Waals surface area contributed by atoms with Gasteiger partial charge in [-0.25, -0.2) is 4.98 Å². The molecule has 1 amide bonds.